The van der Waals surface area contributed by atoms with Gasteiger partial charge in [-0.2, -0.15) is 26.3 Å². The lowest BCUT2D eigenvalue weighted by atomic mass is 10.0. The van der Waals surface area contributed by atoms with E-state index in [4.69, 9.17) is 5.73 Å². The van der Waals surface area contributed by atoms with Crippen LogP contribution in [0.4, 0.5) is 26.3 Å². The van der Waals surface area contributed by atoms with Crippen LogP contribution in [0.25, 0.3) is 17.6 Å². The SMILES string of the molecule is CCC/C(=C\n1cnc(-c2cc(C(F)(F)F)cc(C(F)(F)F)c2)n1)C(N)=O. The van der Waals surface area contributed by atoms with E-state index in [0.29, 0.717) is 25.0 Å². The molecule has 146 valence electrons. The first-order valence-electron chi connectivity index (χ1n) is 7.63. The lowest BCUT2D eigenvalue weighted by Gasteiger charge is -2.13. The zero-order valence-corrected chi connectivity index (χ0v) is 13.9. The van der Waals surface area contributed by atoms with Gasteiger partial charge in [0.05, 0.1) is 11.1 Å². The number of hydrogen-bond acceptors (Lipinski definition) is 3. The predicted molar refractivity (Wildman–Crippen MR) is 83.8 cm³/mol. The molecule has 0 spiro atoms. The number of halogens is 6. The Morgan fingerprint density at radius 2 is 1.67 bits per heavy atom. The van der Waals surface area contributed by atoms with E-state index in [0.717, 1.165) is 11.0 Å². The van der Waals surface area contributed by atoms with E-state index < -0.39 is 35.0 Å². The molecule has 0 aliphatic rings. The van der Waals surface area contributed by atoms with Gasteiger partial charge in [-0.1, -0.05) is 13.3 Å². The average Bonchev–Trinajstić information content (AvgIpc) is 3.01. The van der Waals surface area contributed by atoms with E-state index in [1.54, 1.807) is 6.92 Å². The minimum absolute atomic E-state index is 0.0207. The highest BCUT2D eigenvalue weighted by Gasteiger charge is 2.37. The van der Waals surface area contributed by atoms with Gasteiger partial charge in [-0.05, 0) is 24.6 Å². The Bertz CT molecular complexity index is 834. The molecular formula is C16H14F6N4O. The largest absolute Gasteiger partial charge is 0.416 e. The molecule has 1 heterocycles. The molecule has 0 aliphatic heterocycles. The van der Waals surface area contributed by atoms with Crippen molar-refractivity contribution in [2.45, 2.75) is 32.1 Å². The van der Waals surface area contributed by atoms with Gasteiger partial charge in [-0.15, -0.1) is 5.10 Å². The highest BCUT2D eigenvalue weighted by molar-refractivity contribution is 5.94. The standard InChI is InChI=1S/C16H14F6N4O/c1-2-3-9(13(23)27)7-26-8-24-14(25-26)10-4-11(15(17,18)19)6-12(5-10)16(20,21)22/h4-8H,2-3H2,1H3,(H2,23,27)/b9-7+. The summed E-state index contributed by atoms with van der Waals surface area (Å²) in [5.41, 5.74) is 2.00. The van der Waals surface area contributed by atoms with Crippen LogP contribution in [-0.2, 0) is 17.1 Å². The number of carbonyl (C=O) groups excluding carboxylic acids is 1. The summed E-state index contributed by atoms with van der Waals surface area (Å²) in [6, 6.07) is 1.08. The third kappa shape index (κ3) is 5.08. The van der Waals surface area contributed by atoms with Gasteiger partial charge in [0, 0.05) is 17.3 Å². The maximum absolute atomic E-state index is 12.9. The van der Waals surface area contributed by atoms with Crippen molar-refractivity contribution in [1.29, 1.82) is 0 Å². The molecule has 2 rings (SSSR count). The molecular weight excluding hydrogens is 378 g/mol. The van der Waals surface area contributed by atoms with Gasteiger partial charge in [-0.3, -0.25) is 4.79 Å². The maximum Gasteiger partial charge on any atom is 0.416 e. The number of hydrogen-bond donors (Lipinski definition) is 1. The fourth-order valence-corrected chi connectivity index (χ4v) is 2.23. The van der Waals surface area contributed by atoms with Gasteiger partial charge in [0.25, 0.3) is 0 Å². The molecule has 0 saturated heterocycles. The smallest absolute Gasteiger partial charge is 0.366 e. The molecule has 0 radical (unpaired) electrons. The fraction of sp³-hybridized carbons (Fsp3) is 0.312. The zero-order chi connectivity index (χ0) is 20.4. The first kappa shape index (κ1) is 20.5. The molecule has 1 aromatic heterocycles. The second kappa shape index (κ2) is 7.41. The van der Waals surface area contributed by atoms with Crippen LogP contribution in [0.2, 0.25) is 0 Å². The van der Waals surface area contributed by atoms with Crippen molar-refractivity contribution in [1.82, 2.24) is 14.8 Å². The van der Waals surface area contributed by atoms with Crippen molar-refractivity contribution in [2.24, 2.45) is 5.73 Å². The molecule has 0 atom stereocenters. The highest BCUT2D eigenvalue weighted by atomic mass is 19.4. The van der Waals surface area contributed by atoms with Crippen LogP contribution in [0.1, 0.15) is 30.9 Å². The van der Waals surface area contributed by atoms with Crippen molar-refractivity contribution >= 4 is 12.1 Å². The Kier molecular flexibility index (Phi) is 5.62. The molecule has 0 fully saturated rings. The zero-order valence-electron chi connectivity index (χ0n) is 13.9. The van der Waals surface area contributed by atoms with Crippen molar-refractivity contribution in [3.05, 3.63) is 41.2 Å². The number of nitrogens with zero attached hydrogens (tertiary/aromatic N) is 3. The van der Waals surface area contributed by atoms with Gasteiger partial charge < -0.3 is 5.73 Å². The maximum atomic E-state index is 12.9. The molecule has 1 amide bonds. The number of amides is 1. The van der Waals surface area contributed by atoms with Gasteiger partial charge >= 0.3 is 12.4 Å². The summed E-state index contributed by atoms with van der Waals surface area (Å²) in [6.07, 6.45) is -6.75. The molecule has 2 N–H and O–H groups in total. The van der Waals surface area contributed by atoms with Crippen LogP contribution in [0, 0.1) is 0 Å². The normalized spacial score (nSPS) is 13.1. The Hall–Kier alpha value is -2.85. The number of aromatic nitrogens is 3. The summed E-state index contributed by atoms with van der Waals surface area (Å²) < 4.78 is 78.6. The molecule has 0 unspecified atom stereocenters. The quantitative estimate of drug-likeness (QED) is 0.615. The number of nitrogens with two attached hydrogens (primary N) is 1. The molecule has 11 heteroatoms. The van der Waals surface area contributed by atoms with E-state index >= 15 is 0 Å². The van der Waals surface area contributed by atoms with Crippen LogP contribution in [0.3, 0.4) is 0 Å². The third-order valence-electron chi connectivity index (χ3n) is 3.48. The second-order valence-electron chi connectivity index (χ2n) is 5.61. The minimum Gasteiger partial charge on any atom is -0.366 e. The average molecular weight is 392 g/mol. The van der Waals surface area contributed by atoms with Crippen molar-refractivity contribution < 1.29 is 31.1 Å². The summed E-state index contributed by atoms with van der Waals surface area (Å²) in [4.78, 5) is 15.0. The van der Waals surface area contributed by atoms with Crippen LogP contribution in [0.5, 0.6) is 0 Å². The Labute approximate surface area is 149 Å². The van der Waals surface area contributed by atoms with E-state index in [2.05, 4.69) is 10.1 Å². The summed E-state index contributed by atoms with van der Waals surface area (Å²) in [5.74, 6) is -1.07. The van der Waals surface area contributed by atoms with Gasteiger partial charge in [0.15, 0.2) is 5.82 Å². The molecule has 0 saturated carbocycles. The number of carbonyl (C=O) groups is 1. The molecule has 27 heavy (non-hydrogen) atoms. The van der Waals surface area contributed by atoms with E-state index in [9.17, 15) is 31.1 Å². The predicted octanol–water partition coefficient (Wildman–Crippen LogP) is 4.11. The summed E-state index contributed by atoms with van der Waals surface area (Å²) >= 11 is 0. The van der Waals surface area contributed by atoms with Crippen molar-refractivity contribution in [3.63, 3.8) is 0 Å². The molecule has 0 aliphatic carbocycles. The Balaban J connectivity index is 2.51. The summed E-state index contributed by atoms with van der Waals surface area (Å²) in [6.45, 7) is 1.80. The molecule has 1 aromatic carbocycles. The van der Waals surface area contributed by atoms with E-state index in [1.807, 2.05) is 0 Å². The summed E-state index contributed by atoms with van der Waals surface area (Å²) in [7, 11) is 0. The van der Waals surface area contributed by atoms with E-state index in [-0.39, 0.29) is 17.5 Å². The monoisotopic (exact) mass is 392 g/mol. The number of rotatable bonds is 5. The second-order valence-corrected chi connectivity index (χ2v) is 5.61. The van der Waals surface area contributed by atoms with Gasteiger partial charge in [-0.25, -0.2) is 9.67 Å². The van der Waals surface area contributed by atoms with Crippen molar-refractivity contribution in [2.75, 3.05) is 0 Å². The number of primary amides is 1. The van der Waals surface area contributed by atoms with Crippen LogP contribution < -0.4 is 5.73 Å². The van der Waals surface area contributed by atoms with Crippen LogP contribution in [-0.4, -0.2) is 20.7 Å². The minimum atomic E-state index is -4.97. The Morgan fingerprint density at radius 1 is 1.11 bits per heavy atom. The third-order valence-corrected chi connectivity index (χ3v) is 3.48. The van der Waals surface area contributed by atoms with Gasteiger partial charge in [0.2, 0.25) is 5.91 Å². The topological polar surface area (TPSA) is 73.8 Å². The van der Waals surface area contributed by atoms with Crippen LogP contribution in [0.15, 0.2) is 30.1 Å². The van der Waals surface area contributed by atoms with E-state index in [1.165, 1.54) is 6.20 Å². The Morgan fingerprint density at radius 3 is 2.11 bits per heavy atom. The molecule has 2 aromatic rings. The molecule has 5 nitrogen and oxygen atoms in total. The first-order valence-corrected chi connectivity index (χ1v) is 7.63. The summed E-state index contributed by atoms with van der Waals surface area (Å²) in [5, 5.41) is 3.82. The fourth-order valence-electron chi connectivity index (χ4n) is 2.23. The van der Waals surface area contributed by atoms with Crippen molar-refractivity contribution in [3.8, 4) is 11.4 Å². The number of benzene rings is 1. The number of alkyl halides is 6. The van der Waals surface area contributed by atoms with Gasteiger partial charge in [0.1, 0.15) is 6.33 Å². The first-order chi connectivity index (χ1) is 12.4. The van der Waals surface area contributed by atoms with Crippen LogP contribution >= 0.6 is 0 Å². The highest BCUT2D eigenvalue weighted by Crippen LogP contribution is 2.38. The molecule has 0 bridgehead atoms. The lowest BCUT2D eigenvalue weighted by Crippen LogP contribution is -2.14. The lowest BCUT2D eigenvalue weighted by molar-refractivity contribution is -0.143.